The van der Waals surface area contributed by atoms with E-state index in [-0.39, 0.29) is 0 Å². The van der Waals surface area contributed by atoms with Gasteiger partial charge in [0.1, 0.15) is 5.82 Å². The van der Waals surface area contributed by atoms with Crippen LogP contribution in [-0.2, 0) is 0 Å². The van der Waals surface area contributed by atoms with Crippen LogP contribution in [0.25, 0.3) is 0 Å². The third-order valence-electron chi connectivity index (χ3n) is 1.67. The van der Waals surface area contributed by atoms with Crippen LogP contribution in [0.2, 0.25) is 0 Å². The van der Waals surface area contributed by atoms with Gasteiger partial charge < -0.3 is 11.5 Å². The zero-order valence-electron chi connectivity index (χ0n) is 6.18. The quantitative estimate of drug-likeness (QED) is 0.557. The summed E-state index contributed by atoms with van der Waals surface area (Å²) in [7, 11) is 0. The summed E-state index contributed by atoms with van der Waals surface area (Å²) in [6.07, 6.45) is 1.72. The van der Waals surface area contributed by atoms with Gasteiger partial charge in [-0.05, 0) is 25.0 Å². The molecule has 0 fully saturated rings. The van der Waals surface area contributed by atoms with Crippen LogP contribution in [0.3, 0.4) is 0 Å². The molecule has 0 amide bonds. The van der Waals surface area contributed by atoms with Crippen LogP contribution >= 0.6 is 0 Å². The van der Waals surface area contributed by atoms with Crippen molar-refractivity contribution < 1.29 is 0 Å². The van der Waals surface area contributed by atoms with Gasteiger partial charge in [0.2, 0.25) is 0 Å². The number of aryl methyl sites for hydroxylation is 1. The Balaban J connectivity index is 3.34. The molecule has 0 unspecified atom stereocenters. The molecule has 0 saturated carbocycles. The molecular formula is C7H11N3. The molecule has 3 nitrogen and oxygen atoms in total. The molecular weight excluding hydrogens is 126 g/mol. The van der Waals surface area contributed by atoms with Crippen molar-refractivity contribution in [2.24, 2.45) is 0 Å². The highest BCUT2D eigenvalue weighted by Crippen LogP contribution is 2.18. The first-order valence-electron chi connectivity index (χ1n) is 3.10. The molecule has 54 valence electrons. The number of nitrogens with two attached hydrogens (primary N) is 2. The summed E-state index contributed by atoms with van der Waals surface area (Å²) in [6.45, 7) is 3.89. The lowest BCUT2D eigenvalue weighted by Gasteiger charge is -2.04. The van der Waals surface area contributed by atoms with E-state index in [1.807, 2.05) is 13.8 Å². The number of hydrogen-bond donors (Lipinski definition) is 2. The molecule has 10 heavy (non-hydrogen) atoms. The van der Waals surface area contributed by atoms with E-state index in [0.29, 0.717) is 11.5 Å². The summed E-state index contributed by atoms with van der Waals surface area (Å²) in [5.41, 5.74) is 13.7. The molecule has 0 aliphatic carbocycles. The maximum atomic E-state index is 5.60. The van der Waals surface area contributed by atoms with Gasteiger partial charge in [-0.1, -0.05) is 0 Å². The molecule has 4 N–H and O–H groups in total. The first-order chi connectivity index (χ1) is 4.63. The van der Waals surface area contributed by atoms with Crippen LogP contribution in [0.5, 0.6) is 0 Å². The Morgan fingerprint density at radius 3 is 2.40 bits per heavy atom. The molecule has 1 aromatic rings. The van der Waals surface area contributed by atoms with Crippen LogP contribution in [0.1, 0.15) is 11.1 Å². The predicted molar refractivity (Wildman–Crippen MR) is 42.5 cm³/mol. The molecule has 0 aliphatic heterocycles. The minimum absolute atomic E-state index is 0.420. The Labute approximate surface area is 60.1 Å². The van der Waals surface area contributed by atoms with Crippen molar-refractivity contribution in [3.05, 3.63) is 17.3 Å². The van der Waals surface area contributed by atoms with Gasteiger partial charge in [0.25, 0.3) is 0 Å². The second-order valence-corrected chi connectivity index (χ2v) is 2.37. The van der Waals surface area contributed by atoms with E-state index in [9.17, 15) is 0 Å². The van der Waals surface area contributed by atoms with Crippen LogP contribution in [0.4, 0.5) is 11.5 Å². The number of pyridine rings is 1. The smallest absolute Gasteiger partial charge is 0.146 e. The average molecular weight is 137 g/mol. The van der Waals surface area contributed by atoms with Crippen molar-refractivity contribution >= 4 is 11.5 Å². The molecule has 0 aromatic carbocycles. The van der Waals surface area contributed by atoms with Gasteiger partial charge in [0.05, 0.1) is 5.69 Å². The molecule has 0 bridgehead atoms. The monoisotopic (exact) mass is 137 g/mol. The van der Waals surface area contributed by atoms with Crippen LogP contribution in [0.15, 0.2) is 6.20 Å². The molecule has 0 atom stereocenters. The molecule has 0 saturated heterocycles. The largest absolute Gasteiger partial charge is 0.396 e. The summed E-state index contributed by atoms with van der Waals surface area (Å²) in [4.78, 5) is 3.89. The predicted octanol–water partition coefficient (Wildman–Crippen LogP) is 0.863. The molecule has 0 radical (unpaired) electrons. The number of anilines is 2. The molecule has 1 aromatic heterocycles. The van der Waals surface area contributed by atoms with Gasteiger partial charge in [-0.15, -0.1) is 0 Å². The van der Waals surface area contributed by atoms with Gasteiger partial charge >= 0.3 is 0 Å². The summed E-state index contributed by atoms with van der Waals surface area (Å²) in [6, 6.07) is 0. The second-order valence-electron chi connectivity index (χ2n) is 2.37. The van der Waals surface area contributed by atoms with Crippen molar-refractivity contribution in [1.29, 1.82) is 0 Å². The highest BCUT2D eigenvalue weighted by Gasteiger charge is 2.00. The lowest BCUT2D eigenvalue weighted by Crippen LogP contribution is -2.01. The Morgan fingerprint density at radius 1 is 1.30 bits per heavy atom. The number of nitrogens with zero attached hydrogens (tertiary/aromatic N) is 1. The van der Waals surface area contributed by atoms with Crippen molar-refractivity contribution in [2.75, 3.05) is 11.5 Å². The summed E-state index contributed by atoms with van der Waals surface area (Å²) < 4.78 is 0. The molecule has 0 aliphatic rings. The molecule has 1 heterocycles. The van der Waals surface area contributed by atoms with Gasteiger partial charge in [-0.3, -0.25) is 0 Å². The lowest BCUT2D eigenvalue weighted by atomic mass is 10.1. The Morgan fingerprint density at radius 2 is 1.90 bits per heavy atom. The van der Waals surface area contributed by atoms with Crippen LogP contribution in [0, 0.1) is 13.8 Å². The van der Waals surface area contributed by atoms with Gasteiger partial charge in [0, 0.05) is 6.20 Å². The van der Waals surface area contributed by atoms with Gasteiger partial charge in [-0.2, -0.15) is 0 Å². The van der Waals surface area contributed by atoms with E-state index in [4.69, 9.17) is 11.5 Å². The third kappa shape index (κ3) is 0.900. The van der Waals surface area contributed by atoms with Crippen molar-refractivity contribution in [1.82, 2.24) is 4.98 Å². The minimum Gasteiger partial charge on any atom is -0.396 e. The average Bonchev–Trinajstić information content (AvgIpc) is 1.93. The first-order valence-corrected chi connectivity index (χ1v) is 3.10. The zero-order valence-corrected chi connectivity index (χ0v) is 6.18. The molecule has 0 spiro atoms. The van der Waals surface area contributed by atoms with E-state index >= 15 is 0 Å². The highest BCUT2D eigenvalue weighted by atomic mass is 14.9. The van der Waals surface area contributed by atoms with E-state index < -0.39 is 0 Å². The van der Waals surface area contributed by atoms with E-state index in [2.05, 4.69) is 4.98 Å². The van der Waals surface area contributed by atoms with Crippen molar-refractivity contribution in [3.8, 4) is 0 Å². The Kier molecular flexibility index (Phi) is 1.49. The maximum absolute atomic E-state index is 5.60. The fourth-order valence-electron chi connectivity index (χ4n) is 0.737. The number of rotatable bonds is 0. The fraction of sp³-hybridized carbons (Fsp3) is 0.286. The topological polar surface area (TPSA) is 64.9 Å². The fourth-order valence-corrected chi connectivity index (χ4v) is 0.737. The summed E-state index contributed by atoms with van der Waals surface area (Å²) in [5.74, 6) is 0.420. The first kappa shape index (κ1) is 6.86. The molecule has 3 heteroatoms. The zero-order chi connectivity index (χ0) is 7.72. The SMILES string of the molecule is Cc1cnc(N)c(N)c1C. The van der Waals surface area contributed by atoms with Crippen LogP contribution < -0.4 is 11.5 Å². The Bertz CT molecular complexity index is 228. The number of aromatic nitrogens is 1. The van der Waals surface area contributed by atoms with E-state index in [1.54, 1.807) is 6.20 Å². The maximum Gasteiger partial charge on any atom is 0.146 e. The normalized spacial score (nSPS) is 9.80. The molecule has 1 rings (SSSR count). The van der Waals surface area contributed by atoms with Gasteiger partial charge in [-0.25, -0.2) is 4.98 Å². The summed E-state index contributed by atoms with van der Waals surface area (Å²) in [5, 5.41) is 0. The van der Waals surface area contributed by atoms with Crippen LogP contribution in [-0.4, -0.2) is 4.98 Å². The Hall–Kier alpha value is -1.25. The summed E-state index contributed by atoms with van der Waals surface area (Å²) >= 11 is 0. The second kappa shape index (κ2) is 2.17. The van der Waals surface area contributed by atoms with E-state index in [0.717, 1.165) is 11.1 Å². The highest BCUT2D eigenvalue weighted by molar-refractivity contribution is 5.63. The minimum atomic E-state index is 0.420. The van der Waals surface area contributed by atoms with Crippen molar-refractivity contribution in [2.45, 2.75) is 13.8 Å². The number of nitrogen functional groups attached to an aromatic ring is 2. The van der Waals surface area contributed by atoms with Gasteiger partial charge in [0.15, 0.2) is 0 Å². The standard InChI is InChI=1S/C7H11N3/c1-4-3-10-7(9)6(8)5(4)2/h3H,8H2,1-2H3,(H2,9,10). The van der Waals surface area contributed by atoms with Crippen molar-refractivity contribution in [3.63, 3.8) is 0 Å². The lowest BCUT2D eigenvalue weighted by molar-refractivity contribution is 1.23. The number of hydrogen-bond acceptors (Lipinski definition) is 3. The van der Waals surface area contributed by atoms with E-state index in [1.165, 1.54) is 0 Å². The third-order valence-corrected chi connectivity index (χ3v) is 1.67.